The van der Waals surface area contributed by atoms with Gasteiger partial charge in [0, 0.05) is 11.1 Å². The van der Waals surface area contributed by atoms with E-state index >= 15 is 0 Å². The number of aromatic nitrogens is 2. The molecule has 3 aromatic rings. The minimum atomic E-state index is -3.62. The molecular weight excluding hydrogens is 504 g/mol. The third kappa shape index (κ3) is 4.13. The van der Waals surface area contributed by atoms with Gasteiger partial charge in [-0.2, -0.15) is 8.42 Å². The first-order valence-electron chi connectivity index (χ1n) is 14.5. The van der Waals surface area contributed by atoms with E-state index in [-0.39, 0.29) is 22.7 Å². The highest BCUT2D eigenvalue weighted by Gasteiger charge is 2.57. The van der Waals surface area contributed by atoms with Gasteiger partial charge < -0.3 is 4.57 Å². The second-order valence-corrected chi connectivity index (χ2v) is 14.4. The third-order valence-electron chi connectivity index (χ3n) is 10.8. The Bertz CT molecular complexity index is 1570. The van der Waals surface area contributed by atoms with Crippen LogP contribution in [-0.4, -0.2) is 24.1 Å². The van der Waals surface area contributed by atoms with Crippen LogP contribution in [0.5, 0.6) is 0 Å². The molecule has 4 aliphatic rings. The van der Waals surface area contributed by atoms with Crippen molar-refractivity contribution < 1.29 is 12.6 Å². The Morgan fingerprint density at radius 2 is 1.69 bits per heavy atom. The molecule has 2 aromatic carbocycles. The predicted molar refractivity (Wildman–Crippen MR) is 155 cm³/mol. The van der Waals surface area contributed by atoms with Crippen molar-refractivity contribution in [1.29, 1.82) is 0 Å². The number of nitrogens with zero attached hydrogens (tertiary/aromatic N) is 2. The average molecular weight is 543 g/mol. The first-order valence-corrected chi connectivity index (χ1v) is 16.1. The Hall–Kier alpha value is -2.70. The van der Waals surface area contributed by atoms with Crippen molar-refractivity contribution in [2.75, 3.05) is 0 Å². The highest BCUT2D eigenvalue weighted by molar-refractivity contribution is 7.85. The Balaban J connectivity index is 1.09. The van der Waals surface area contributed by atoms with E-state index in [0.29, 0.717) is 17.8 Å². The highest BCUT2D eigenvalue weighted by Crippen LogP contribution is 2.65. The fraction of sp³-hybridized carbons (Fsp3) is 0.485. The van der Waals surface area contributed by atoms with E-state index in [1.165, 1.54) is 29.6 Å². The lowest BCUT2D eigenvalue weighted by Gasteiger charge is -2.57. The maximum absolute atomic E-state index is 12.9. The van der Waals surface area contributed by atoms with Crippen LogP contribution in [0, 0.1) is 28.6 Å². The maximum Gasteiger partial charge on any atom is 0.271 e. The molecule has 2 fully saturated rings. The Morgan fingerprint density at radius 1 is 0.923 bits per heavy atom. The van der Waals surface area contributed by atoms with Crippen LogP contribution >= 0.6 is 0 Å². The SMILES string of the molecule is C[C@]12CC[C@H](OS(=O)(=O)Cc3ccccc3)CC1=CC[C@@H]1[C@@H]2CC[C@]2(C)C(n3cnc4ccccc43)=CC[C@@H]12. The summed E-state index contributed by atoms with van der Waals surface area (Å²) in [4.78, 5) is 4.69. The molecule has 204 valence electrons. The van der Waals surface area contributed by atoms with Crippen molar-refractivity contribution in [2.45, 2.75) is 70.7 Å². The number of rotatable bonds is 5. The lowest BCUT2D eigenvalue weighted by molar-refractivity contribution is -0.0217. The van der Waals surface area contributed by atoms with E-state index in [9.17, 15) is 8.42 Å². The van der Waals surface area contributed by atoms with Gasteiger partial charge in [0.15, 0.2) is 0 Å². The largest absolute Gasteiger partial charge is 0.302 e. The summed E-state index contributed by atoms with van der Waals surface area (Å²) in [6.45, 7) is 4.95. The normalized spacial score (nSPS) is 34.1. The van der Waals surface area contributed by atoms with Gasteiger partial charge in [-0.25, -0.2) is 4.98 Å². The van der Waals surface area contributed by atoms with Crippen LogP contribution in [0.25, 0.3) is 16.7 Å². The summed E-state index contributed by atoms with van der Waals surface area (Å²) in [7, 11) is -3.62. The molecule has 7 rings (SSSR count). The Morgan fingerprint density at radius 3 is 2.54 bits per heavy atom. The van der Waals surface area contributed by atoms with Crippen LogP contribution in [0.2, 0.25) is 0 Å². The fourth-order valence-electron chi connectivity index (χ4n) is 8.80. The summed E-state index contributed by atoms with van der Waals surface area (Å²) in [6.07, 6.45) is 13.9. The molecule has 4 aliphatic carbocycles. The summed E-state index contributed by atoms with van der Waals surface area (Å²) < 4.78 is 33.9. The van der Waals surface area contributed by atoms with Crippen molar-refractivity contribution in [2.24, 2.45) is 28.6 Å². The highest BCUT2D eigenvalue weighted by atomic mass is 32.2. The molecule has 0 spiro atoms. The molecule has 1 aromatic heterocycles. The summed E-state index contributed by atoms with van der Waals surface area (Å²) in [5.74, 6) is 1.86. The summed E-state index contributed by atoms with van der Waals surface area (Å²) in [5.41, 5.74) is 6.19. The molecule has 0 bridgehead atoms. The molecule has 6 atom stereocenters. The van der Waals surface area contributed by atoms with E-state index < -0.39 is 10.1 Å². The molecule has 6 heteroatoms. The predicted octanol–water partition coefficient (Wildman–Crippen LogP) is 7.37. The van der Waals surface area contributed by atoms with Gasteiger partial charge in [0.25, 0.3) is 10.1 Å². The third-order valence-corrected chi connectivity index (χ3v) is 12.0. The zero-order chi connectivity index (χ0) is 26.8. The number of hydrogen-bond donors (Lipinski definition) is 0. The minimum absolute atomic E-state index is 0.0623. The lowest BCUT2D eigenvalue weighted by Crippen LogP contribution is -2.50. The standard InChI is InChI=1S/C33H38N2O3S/c1-32-18-16-25(38-39(36,37)21-23-8-4-3-5-9-23)20-24(32)12-13-26-27-14-15-31(33(27,2)19-17-28(26)32)35-22-34-29-10-6-7-11-30(29)35/h3-12,15,22,25-28H,13-14,16-21H2,1-2H3/t25-,26-,27-,28-,32-,33-/m0/s1. The molecule has 5 nitrogen and oxygen atoms in total. The summed E-state index contributed by atoms with van der Waals surface area (Å²) in [6, 6.07) is 17.8. The molecule has 0 unspecified atom stereocenters. The maximum atomic E-state index is 12.9. The molecule has 0 N–H and O–H groups in total. The molecule has 0 saturated heterocycles. The zero-order valence-electron chi connectivity index (χ0n) is 22.9. The van der Waals surface area contributed by atoms with E-state index in [0.717, 1.165) is 43.2 Å². The zero-order valence-corrected chi connectivity index (χ0v) is 23.7. The van der Waals surface area contributed by atoms with Crippen LogP contribution in [0.1, 0.15) is 64.4 Å². The second-order valence-electron chi connectivity index (χ2n) is 12.8. The van der Waals surface area contributed by atoms with E-state index in [1.807, 2.05) is 36.7 Å². The van der Waals surface area contributed by atoms with Crippen LogP contribution in [0.4, 0.5) is 0 Å². The second kappa shape index (κ2) is 9.17. The van der Waals surface area contributed by atoms with Crippen molar-refractivity contribution in [3.05, 3.63) is 84.2 Å². The molecular formula is C33H38N2O3S. The van der Waals surface area contributed by atoms with Gasteiger partial charge in [-0.15, -0.1) is 0 Å². The van der Waals surface area contributed by atoms with Crippen molar-refractivity contribution in [3.63, 3.8) is 0 Å². The molecule has 0 radical (unpaired) electrons. The molecule has 0 aliphatic heterocycles. The number of hydrogen-bond acceptors (Lipinski definition) is 4. The van der Waals surface area contributed by atoms with Crippen LogP contribution in [-0.2, 0) is 20.1 Å². The quantitative estimate of drug-likeness (QED) is 0.250. The van der Waals surface area contributed by atoms with Crippen LogP contribution in [0.3, 0.4) is 0 Å². The topological polar surface area (TPSA) is 61.2 Å². The molecule has 0 amide bonds. The minimum Gasteiger partial charge on any atom is -0.302 e. The first kappa shape index (κ1) is 25.3. The molecule has 1 heterocycles. The number of benzene rings is 2. The Labute approximate surface area is 232 Å². The van der Waals surface area contributed by atoms with Gasteiger partial charge in [0.2, 0.25) is 0 Å². The fourth-order valence-corrected chi connectivity index (χ4v) is 10.0. The van der Waals surface area contributed by atoms with Gasteiger partial charge >= 0.3 is 0 Å². The van der Waals surface area contributed by atoms with Gasteiger partial charge in [-0.1, -0.05) is 74.0 Å². The van der Waals surface area contributed by atoms with Crippen LogP contribution in [0.15, 0.2) is 78.6 Å². The van der Waals surface area contributed by atoms with Gasteiger partial charge in [-0.05, 0) is 85.8 Å². The first-order chi connectivity index (χ1) is 18.8. The van der Waals surface area contributed by atoms with E-state index in [1.54, 1.807) is 0 Å². The number of allylic oxidation sites excluding steroid dienone is 3. The van der Waals surface area contributed by atoms with E-state index in [4.69, 9.17) is 9.17 Å². The van der Waals surface area contributed by atoms with Crippen molar-refractivity contribution in [1.82, 2.24) is 9.55 Å². The van der Waals surface area contributed by atoms with Gasteiger partial charge in [0.1, 0.15) is 12.1 Å². The van der Waals surface area contributed by atoms with Crippen molar-refractivity contribution >= 4 is 26.8 Å². The number of fused-ring (bicyclic) bond motifs is 6. The van der Waals surface area contributed by atoms with Gasteiger partial charge in [0.05, 0.1) is 17.1 Å². The summed E-state index contributed by atoms with van der Waals surface area (Å²) >= 11 is 0. The lowest BCUT2D eigenvalue weighted by atomic mass is 9.48. The van der Waals surface area contributed by atoms with Crippen LogP contribution < -0.4 is 0 Å². The molecule has 39 heavy (non-hydrogen) atoms. The number of imidazole rings is 1. The smallest absolute Gasteiger partial charge is 0.271 e. The molecule has 2 saturated carbocycles. The number of para-hydroxylation sites is 2. The monoisotopic (exact) mass is 542 g/mol. The van der Waals surface area contributed by atoms with Gasteiger partial charge in [-0.3, -0.25) is 4.18 Å². The van der Waals surface area contributed by atoms with E-state index in [2.05, 4.69) is 54.8 Å². The Kier molecular flexibility index (Phi) is 5.94. The summed E-state index contributed by atoms with van der Waals surface area (Å²) in [5, 5.41) is 0. The average Bonchev–Trinajstić information content (AvgIpc) is 3.49. The van der Waals surface area contributed by atoms with Crippen molar-refractivity contribution in [3.8, 4) is 0 Å².